The lowest BCUT2D eigenvalue weighted by molar-refractivity contribution is -0.136. The highest BCUT2D eigenvalue weighted by molar-refractivity contribution is 5.84. The van der Waals surface area contributed by atoms with Gasteiger partial charge in [0, 0.05) is 11.3 Å². The molecule has 0 spiro atoms. The number of nitrogens with zero attached hydrogens (tertiary/aromatic N) is 2. The van der Waals surface area contributed by atoms with Gasteiger partial charge in [-0.1, -0.05) is 6.07 Å². The van der Waals surface area contributed by atoms with Gasteiger partial charge in [-0.2, -0.15) is 5.10 Å². The Morgan fingerprint density at radius 3 is 3.05 bits per heavy atom. The van der Waals surface area contributed by atoms with Crippen molar-refractivity contribution in [3.63, 3.8) is 0 Å². The minimum absolute atomic E-state index is 0.0965. The number of aryl methyl sites for hydroxylation is 1. The molecule has 3 N–H and O–H groups in total. The molecule has 96 valence electrons. The van der Waals surface area contributed by atoms with E-state index in [1.807, 2.05) is 25.1 Å². The van der Waals surface area contributed by atoms with E-state index in [2.05, 4.69) is 20.2 Å². The third-order valence-electron chi connectivity index (χ3n) is 3.05. The summed E-state index contributed by atoms with van der Waals surface area (Å²) in [5.41, 5.74) is 4.97. The normalized spacial score (nSPS) is 11.0. The molecule has 0 aliphatic heterocycles. The number of aromatic amines is 2. The largest absolute Gasteiger partial charge is 0.481 e. The molecule has 3 rings (SSSR count). The molecule has 0 saturated carbocycles. The first kappa shape index (κ1) is 11.5. The van der Waals surface area contributed by atoms with Gasteiger partial charge in [-0.25, -0.2) is 4.98 Å². The highest BCUT2D eigenvalue weighted by Gasteiger charge is 2.15. The summed E-state index contributed by atoms with van der Waals surface area (Å²) in [5, 5.41) is 15.8. The van der Waals surface area contributed by atoms with Gasteiger partial charge < -0.3 is 10.1 Å². The van der Waals surface area contributed by atoms with Crippen LogP contribution < -0.4 is 0 Å². The molecule has 19 heavy (non-hydrogen) atoms. The second kappa shape index (κ2) is 4.24. The van der Waals surface area contributed by atoms with Crippen LogP contribution in [0.25, 0.3) is 22.2 Å². The molecular formula is C13H12N4O2. The number of aromatic nitrogens is 4. The average molecular weight is 256 g/mol. The number of nitrogens with one attached hydrogen (secondary N) is 2. The zero-order valence-corrected chi connectivity index (χ0v) is 10.3. The Balaban J connectivity index is 2.14. The molecule has 6 heteroatoms. The second-order valence-corrected chi connectivity index (χ2v) is 4.38. The number of hydrogen-bond donors (Lipinski definition) is 3. The smallest absolute Gasteiger partial charge is 0.309 e. The molecule has 0 saturated heterocycles. The van der Waals surface area contributed by atoms with Crippen LogP contribution >= 0.6 is 0 Å². The maximum atomic E-state index is 10.9. The van der Waals surface area contributed by atoms with Crippen LogP contribution in [0.15, 0.2) is 24.5 Å². The molecule has 2 aromatic heterocycles. The number of H-pyrrole nitrogens is 2. The first-order chi connectivity index (χ1) is 9.15. The van der Waals surface area contributed by atoms with E-state index in [1.54, 1.807) is 6.33 Å². The Morgan fingerprint density at radius 1 is 1.42 bits per heavy atom. The first-order valence-electron chi connectivity index (χ1n) is 5.84. The zero-order chi connectivity index (χ0) is 13.4. The SMILES string of the molecule is Cc1[nH]nc(CC(=O)O)c1-c1ccc2nc[nH]c2c1. The molecule has 0 fully saturated rings. The molecule has 0 radical (unpaired) electrons. The standard InChI is InChI=1S/C13H12N4O2/c1-7-13(11(17-16-7)5-12(18)19)8-2-3-9-10(4-8)15-6-14-9/h2-4,6H,5H2,1H3,(H,14,15)(H,16,17)(H,18,19). The van der Waals surface area contributed by atoms with E-state index in [9.17, 15) is 4.79 Å². The van der Waals surface area contributed by atoms with Crippen molar-refractivity contribution in [1.82, 2.24) is 20.2 Å². The van der Waals surface area contributed by atoms with Crippen molar-refractivity contribution in [3.8, 4) is 11.1 Å². The molecule has 2 heterocycles. The van der Waals surface area contributed by atoms with E-state index in [0.717, 1.165) is 27.9 Å². The summed E-state index contributed by atoms with van der Waals surface area (Å²) in [6.07, 6.45) is 1.54. The van der Waals surface area contributed by atoms with Crippen molar-refractivity contribution in [3.05, 3.63) is 35.9 Å². The number of carboxylic acids is 1. The number of rotatable bonds is 3. The van der Waals surface area contributed by atoms with Crippen molar-refractivity contribution in [2.24, 2.45) is 0 Å². The van der Waals surface area contributed by atoms with Gasteiger partial charge in [-0.05, 0) is 24.6 Å². The molecule has 3 aromatic rings. The lowest BCUT2D eigenvalue weighted by atomic mass is 10.0. The van der Waals surface area contributed by atoms with Gasteiger partial charge in [0.1, 0.15) is 0 Å². The predicted octanol–water partition coefficient (Wildman–Crippen LogP) is 1.89. The highest BCUT2D eigenvalue weighted by Crippen LogP contribution is 2.28. The van der Waals surface area contributed by atoms with E-state index in [-0.39, 0.29) is 6.42 Å². The fraction of sp³-hybridized carbons (Fsp3) is 0.154. The third-order valence-corrected chi connectivity index (χ3v) is 3.05. The van der Waals surface area contributed by atoms with Crippen molar-refractivity contribution >= 4 is 17.0 Å². The summed E-state index contributed by atoms with van der Waals surface area (Å²) in [6.45, 7) is 1.88. The summed E-state index contributed by atoms with van der Waals surface area (Å²) in [4.78, 5) is 18.1. The van der Waals surface area contributed by atoms with Gasteiger partial charge >= 0.3 is 5.97 Å². The molecule has 0 atom stereocenters. The van der Waals surface area contributed by atoms with Gasteiger partial charge in [-0.15, -0.1) is 0 Å². The van der Waals surface area contributed by atoms with Crippen molar-refractivity contribution in [2.75, 3.05) is 0 Å². The van der Waals surface area contributed by atoms with Crippen LogP contribution in [0.5, 0.6) is 0 Å². The van der Waals surface area contributed by atoms with Crippen molar-refractivity contribution in [1.29, 1.82) is 0 Å². The summed E-state index contributed by atoms with van der Waals surface area (Å²) in [6, 6.07) is 5.77. The van der Waals surface area contributed by atoms with E-state index in [0.29, 0.717) is 5.69 Å². The van der Waals surface area contributed by atoms with Crippen molar-refractivity contribution in [2.45, 2.75) is 13.3 Å². The van der Waals surface area contributed by atoms with E-state index < -0.39 is 5.97 Å². The van der Waals surface area contributed by atoms with E-state index in [4.69, 9.17) is 5.11 Å². The molecule has 0 bridgehead atoms. The van der Waals surface area contributed by atoms with Crippen LogP contribution in [-0.4, -0.2) is 31.2 Å². The van der Waals surface area contributed by atoms with Crippen LogP contribution in [0.4, 0.5) is 0 Å². The molecule has 6 nitrogen and oxygen atoms in total. The van der Waals surface area contributed by atoms with E-state index >= 15 is 0 Å². The summed E-state index contributed by atoms with van der Waals surface area (Å²) < 4.78 is 0. The molecule has 1 aromatic carbocycles. The van der Waals surface area contributed by atoms with Gasteiger partial charge in [0.25, 0.3) is 0 Å². The third kappa shape index (κ3) is 1.97. The topological polar surface area (TPSA) is 94.7 Å². The van der Waals surface area contributed by atoms with Gasteiger partial charge in [0.2, 0.25) is 0 Å². The van der Waals surface area contributed by atoms with Gasteiger partial charge in [0.05, 0.1) is 29.5 Å². The Morgan fingerprint density at radius 2 is 2.26 bits per heavy atom. The lowest BCUT2D eigenvalue weighted by Crippen LogP contribution is -2.01. The Kier molecular flexibility index (Phi) is 2.56. The van der Waals surface area contributed by atoms with Crippen molar-refractivity contribution < 1.29 is 9.90 Å². The number of aliphatic carboxylic acids is 1. The fourth-order valence-corrected chi connectivity index (χ4v) is 2.22. The maximum Gasteiger partial charge on any atom is 0.309 e. The monoisotopic (exact) mass is 256 g/mol. The zero-order valence-electron chi connectivity index (χ0n) is 10.3. The Bertz CT molecular complexity index is 757. The Hall–Kier alpha value is -2.63. The van der Waals surface area contributed by atoms with Crippen LogP contribution in [0.1, 0.15) is 11.4 Å². The summed E-state index contributed by atoms with van der Waals surface area (Å²) >= 11 is 0. The lowest BCUT2D eigenvalue weighted by Gasteiger charge is -2.03. The van der Waals surface area contributed by atoms with Crippen LogP contribution in [-0.2, 0) is 11.2 Å². The molecule has 0 amide bonds. The maximum absolute atomic E-state index is 10.9. The van der Waals surface area contributed by atoms with Crippen LogP contribution in [0.2, 0.25) is 0 Å². The molecule has 0 unspecified atom stereocenters. The second-order valence-electron chi connectivity index (χ2n) is 4.38. The van der Waals surface area contributed by atoms with Crippen LogP contribution in [0.3, 0.4) is 0 Å². The summed E-state index contributed by atoms with van der Waals surface area (Å²) in [5.74, 6) is -0.893. The molecule has 0 aliphatic rings. The molecule has 0 aliphatic carbocycles. The number of carbonyl (C=O) groups is 1. The number of imidazole rings is 1. The summed E-state index contributed by atoms with van der Waals surface area (Å²) in [7, 11) is 0. The average Bonchev–Trinajstić information content (AvgIpc) is 2.94. The minimum Gasteiger partial charge on any atom is -0.481 e. The fourth-order valence-electron chi connectivity index (χ4n) is 2.22. The number of fused-ring (bicyclic) bond motifs is 1. The quantitative estimate of drug-likeness (QED) is 0.666. The Labute approximate surface area is 108 Å². The number of benzene rings is 1. The van der Waals surface area contributed by atoms with Crippen LogP contribution in [0, 0.1) is 6.92 Å². The van der Waals surface area contributed by atoms with Gasteiger partial charge in [-0.3, -0.25) is 9.89 Å². The predicted molar refractivity (Wildman–Crippen MR) is 69.8 cm³/mol. The highest BCUT2D eigenvalue weighted by atomic mass is 16.4. The number of carboxylic acid groups (broad SMARTS) is 1. The van der Waals surface area contributed by atoms with Gasteiger partial charge in [0.15, 0.2) is 0 Å². The molecular weight excluding hydrogens is 244 g/mol. The first-order valence-corrected chi connectivity index (χ1v) is 5.84. The minimum atomic E-state index is -0.893. The van der Waals surface area contributed by atoms with E-state index in [1.165, 1.54) is 0 Å². The number of hydrogen-bond acceptors (Lipinski definition) is 3.